The Labute approximate surface area is 39.5 Å². The molecule has 0 unspecified atom stereocenters. The monoisotopic (exact) mass is 104 g/mol. The average molecular weight is 104 g/mol. The van der Waals surface area contributed by atoms with Crippen molar-refractivity contribution in [2.24, 2.45) is 0 Å². The molecule has 5 heteroatoms. The first-order valence-corrected chi connectivity index (χ1v) is 1.54. The predicted molar refractivity (Wildman–Crippen MR) is 21.5 cm³/mol. The number of carbonyl (C=O) groups is 1. The highest BCUT2D eigenvalue weighted by Crippen LogP contribution is 1.65. The van der Waals surface area contributed by atoms with Gasteiger partial charge in [0, 0.05) is 4.92 Å². The first-order chi connectivity index (χ1) is 3.18. The van der Waals surface area contributed by atoms with Crippen LogP contribution < -0.4 is 5.32 Å². The molecule has 7 heavy (non-hydrogen) atoms. The van der Waals surface area contributed by atoms with Crippen molar-refractivity contribution in [3.05, 3.63) is 10.1 Å². The third-order valence-electron chi connectivity index (χ3n) is 0.380. The third kappa shape index (κ3) is 1.69. The molecule has 0 aliphatic heterocycles. The van der Waals surface area contributed by atoms with Gasteiger partial charge in [0.05, 0.1) is 7.05 Å². The zero-order valence-electron chi connectivity index (χ0n) is 3.67. The van der Waals surface area contributed by atoms with E-state index in [1.165, 1.54) is 7.05 Å². The number of amides is 2. The molecule has 1 N–H and O–H groups in total. The van der Waals surface area contributed by atoms with E-state index in [4.69, 9.17) is 0 Å². The summed E-state index contributed by atoms with van der Waals surface area (Å²) in [5, 5.41) is 11.2. The summed E-state index contributed by atoms with van der Waals surface area (Å²) in [5.41, 5.74) is 0. The lowest BCUT2D eigenvalue weighted by atomic mass is 11.0. The molecule has 0 aliphatic rings. The minimum Gasteiger partial charge on any atom is -0.355 e. The summed E-state index contributed by atoms with van der Waals surface area (Å²) in [6.07, 6.45) is 0. The molecular formula is C2H4N2O3. The van der Waals surface area contributed by atoms with Gasteiger partial charge in [-0.25, -0.2) is 5.32 Å². The van der Waals surface area contributed by atoms with Crippen molar-refractivity contribution in [3.63, 3.8) is 0 Å². The van der Waals surface area contributed by atoms with Crippen LogP contribution in [0.5, 0.6) is 0 Å². The Kier molecular flexibility index (Phi) is 1.78. The Balaban J connectivity index is 3.58. The average Bonchev–Trinajstić information content (AvgIpc) is 1.65. The van der Waals surface area contributed by atoms with E-state index in [2.05, 4.69) is 0 Å². The molecule has 40 valence electrons. The fourth-order valence-corrected chi connectivity index (χ4v) is 0.0913. The number of nitrogens with one attached hydrogen (secondary N) is 1. The van der Waals surface area contributed by atoms with Crippen molar-refractivity contribution >= 4 is 6.03 Å². The van der Waals surface area contributed by atoms with Crippen LogP contribution in [0.25, 0.3) is 0 Å². The zero-order chi connectivity index (χ0) is 5.86. The minimum atomic E-state index is -1.18. The fourth-order valence-electron chi connectivity index (χ4n) is 0.0913. The summed E-state index contributed by atoms with van der Waals surface area (Å²) in [5.74, 6) is 0. The van der Waals surface area contributed by atoms with Gasteiger partial charge in [0.2, 0.25) is 0 Å². The van der Waals surface area contributed by atoms with Crippen molar-refractivity contribution in [2.75, 3.05) is 7.05 Å². The van der Waals surface area contributed by atoms with Crippen LogP contribution in [0.4, 0.5) is 4.79 Å². The molecule has 5 nitrogen and oxygen atoms in total. The van der Waals surface area contributed by atoms with Crippen molar-refractivity contribution in [3.8, 4) is 0 Å². The van der Waals surface area contributed by atoms with E-state index in [1.54, 1.807) is 0 Å². The number of nitro groups is 1. The Morgan fingerprint density at radius 1 is 1.86 bits per heavy atom. The van der Waals surface area contributed by atoms with Crippen LogP contribution in [0.3, 0.4) is 0 Å². The normalized spacial score (nSPS) is 7.57. The third-order valence-corrected chi connectivity index (χ3v) is 0.380. The second kappa shape index (κ2) is 2.12. The summed E-state index contributed by atoms with van der Waals surface area (Å²) in [4.78, 5) is 18.0. The molecule has 0 spiro atoms. The maximum atomic E-state index is 9.70. The molecular weight excluding hydrogens is 100 g/mol. The first-order valence-electron chi connectivity index (χ1n) is 1.54. The van der Waals surface area contributed by atoms with Gasteiger partial charge in [-0.05, 0) is 0 Å². The maximum Gasteiger partial charge on any atom is 0.531 e. The Morgan fingerprint density at radius 3 is 2.29 bits per heavy atom. The first kappa shape index (κ1) is 5.87. The largest absolute Gasteiger partial charge is 0.531 e. The zero-order valence-corrected chi connectivity index (χ0v) is 3.67. The number of nitrogens with zero attached hydrogens (tertiary/aromatic N) is 1. The van der Waals surface area contributed by atoms with Crippen LogP contribution in [0.2, 0.25) is 0 Å². The van der Waals surface area contributed by atoms with Gasteiger partial charge < -0.3 is 10.1 Å². The summed E-state index contributed by atoms with van der Waals surface area (Å²) >= 11 is 0. The Hall–Kier alpha value is -1.13. The molecule has 0 saturated heterocycles. The molecule has 0 bridgehead atoms. The summed E-state index contributed by atoms with van der Waals surface area (Å²) in [6.45, 7) is 0. The number of urea groups is 1. The van der Waals surface area contributed by atoms with Crippen molar-refractivity contribution in [2.45, 2.75) is 0 Å². The van der Waals surface area contributed by atoms with E-state index in [9.17, 15) is 14.9 Å². The molecule has 0 fully saturated rings. The van der Waals surface area contributed by atoms with E-state index >= 15 is 0 Å². The quantitative estimate of drug-likeness (QED) is 0.335. The second-order valence-electron chi connectivity index (χ2n) is 0.812. The molecule has 0 saturated carbocycles. The van der Waals surface area contributed by atoms with Gasteiger partial charge in [0.25, 0.3) is 0 Å². The maximum absolute atomic E-state index is 9.70. The lowest BCUT2D eigenvalue weighted by Gasteiger charge is -1.85. The molecule has 0 aromatic carbocycles. The summed E-state index contributed by atoms with van der Waals surface area (Å²) in [7, 11) is 1.20. The van der Waals surface area contributed by atoms with Crippen LogP contribution in [0.1, 0.15) is 0 Å². The summed E-state index contributed by atoms with van der Waals surface area (Å²) in [6, 6.07) is -1.18. The lowest BCUT2D eigenvalue weighted by Crippen LogP contribution is -2.24. The van der Waals surface area contributed by atoms with E-state index in [0.29, 0.717) is 0 Å². The van der Waals surface area contributed by atoms with Gasteiger partial charge in [-0.3, -0.25) is 0 Å². The minimum absolute atomic E-state index is 1.03. The van der Waals surface area contributed by atoms with E-state index in [-0.39, 0.29) is 0 Å². The molecule has 0 aromatic heterocycles. The van der Waals surface area contributed by atoms with Gasteiger partial charge in [0.1, 0.15) is 0 Å². The highest BCUT2D eigenvalue weighted by Gasteiger charge is 2.04. The number of rotatable bonds is 0. The van der Waals surface area contributed by atoms with Gasteiger partial charge in [0.15, 0.2) is 0 Å². The summed E-state index contributed by atoms with van der Waals surface area (Å²) < 4.78 is 0. The van der Waals surface area contributed by atoms with E-state index in [0.717, 1.165) is 0 Å². The number of hydrogen-bond donors (Lipinski definition) is 1. The van der Waals surface area contributed by atoms with E-state index in [1.807, 2.05) is 5.32 Å². The number of hydrogen-bond acceptors (Lipinski definition) is 3. The van der Waals surface area contributed by atoms with Crippen molar-refractivity contribution < 1.29 is 9.72 Å². The Bertz CT molecular complexity index is 99.1. The highest BCUT2D eigenvalue weighted by atomic mass is 16.6. The molecule has 2 amide bonds. The predicted octanol–water partition coefficient (Wildman–Crippen LogP) is -0.397. The van der Waals surface area contributed by atoms with Crippen molar-refractivity contribution in [1.82, 2.24) is 5.32 Å². The van der Waals surface area contributed by atoms with Gasteiger partial charge >= 0.3 is 6.03 Å². The number of carbonyl (C=O) groups excluding carboxylic acids is 1. The molecule has 0 rings (SSSR count). The smallest absolute Gasteiger partial charge is 0.355 e. The SMILES string of the molecule is CNC(=O)[N+](=O)[O-]. The molecule has 0 atom stereocenters. The molecule has 0 aromatic rings. The van der Waals surface area contributed by atoms with Crippen LogP contribution >= 0.6 is 0 Å². The fraction of sp³-hybridized carbons (Fsp3) is 0.500. The van der Waals surface area contributed by atoms with Crippen LogP contribution in [-0.2, 0) is 0 Å². The molecule has 0 radical (unpaired) electrons. The van der Waals surface area contributed by atoms with Crippen LogP contribution in [0, 0.1) is 10.1 Å². The van der Waals surface area contributed by atoms with Gasteiger partial charge in [-0.1, -0.05) is 0 Å². The second-order valence-corrected chi connectivity index (χ2v) is 0.812. The Morgan fingerprint density at radius 2 is 2.29 bits per heavy atom. The van der Waals surface area contributed by atoms with Gasteiger partial charge in [-0.2, -0.15) is 4.79 Å². The topological polar surface area (TPSA) is 72.2 Å². The lowest BCUT2D eigenvalue weighted by molar-refractivity contribution is -0.374. The van der Waals surface area contributed by atoms with Crippen LogP contribution in [0.15, 0.2) is 0 Å². The highest BCUT2D eigenvalue weighted by molar-refractivity contribution is 5.64. The van der Waals surface area contributed by atoms with Gasteiger partial charge in [-0.15, -0.1) is 0 Å². The van der Waals surface area contributed by atoms with Crippen molar-refractivity contribution in [1.29, 1.82) is 0 Å². The molecule has 0 heterocycles. The van der Waals surface area contributed by atoms with E-state index < -0.39 is 11.0 Å². The standard InChI is InChI=1S/C2H4N2O3/c1-3-2(5)4(6)7/h1H3,(H,3,5). The van der Waals surface area contributed by atoms with Crippen LogP contribution in [-0.4, -0.2) is 18.0 Å². The molecule has 0 aliphatic carbocycles.